The van der Waals surface area contributed by atoms with E-state index in [4.69, 9.17) is 11.5 Å². The Morgan fingerprint density at radius 1 is 1.17 bits per heavy atom. The van der Waals surface area contributed by atoms with Crippen molar-refractivity contribution in [3.63, 3.8) is 0 Å². The second-order valence-corrected chi connectivity index (χ2v) is 9.82. The Hall–Kier alpha value is -3.41. The van der Waals surface area contributed by atoms with E-state index in [0.29, 0.717) is 16.8 Å². The van der Waals surface area contributed by atoms with Crippen molar-refractivity contribution in [2.75, 3.05) is 33.1 Å². The fourth-order valence-corrected chi connectivity index (χ4v) is 5.90. The molecule has 1 fully saturated rings. The van der Waals surface area contributed by atoms with Gasteiger partial charge in [-0.3, -0.25) is 19.3 Å². The SMILES string of the molecule is CN(C)c1cc(CN)c(O)c2c1C[C@H]1C[C@H]3[C@@H](N(C)C)C(=O)C(C(N)=O)=C(O)[C@@]3(O)C(=O)C1=C2O. The summed E-state index contributed by atoms with van der Waals surface area (Å²) in [5.74, 6) is -6.74. The number of aliphatic hydroxyl groups is 3. The number of phenols is 1. The zero-order chi connectivity index (χ0) is 26.1. The van der Waals surface area contributed by atoms with Crippen LogP contribution in [-0.4, -0.2) is 82.6 Å². The first-order valence-corrected chi connectivity index (χ1v) is 11.2. The lowest BCUT2D eigenvalue weighted by molar-refractivity contribution is -0.153. The largest absolute Gasteiger partial charge is 0.508 e. The number of hydrogen-bond donors (Lipinski definition) is 6. The monoisotopic (exact) mass is 486 g/mol. The Morgan fingerprint density at radius 2 is 1.80 bits per heavy atom. The zero-order valence-electron chi connectivity index (χ0n) is 20.0. The summed E-state index contributed by atoms with van der Waals surface area (Å²) in [6, 6.07) is 0.599. The number of anilines is 1. The maximum absolute atomic E-state index is 13.8. The summed E-state index contributed by atoms with van der Waals surface area (Å²) < 4.78 is 0. The van der Waals surface area contributed by atoms with Crippen molar-refractivity contribution in [1.82, 2.24) is 4.90 Å². The molecule has 0 spiro atoms. The molecule has 0 aliphatic heterocycles. The Bertz CT molecular complexity index is 1230. The number of fused-ring (bicyclic) bond motifs is 3. The van der Waals surface area contributed by atoms with E-state index in [1.807, 2.05) is 0 Å². The number of carbonyl (C=O) groups excluding carboxylic acids is 3. The number of carbonyl (C=O) groups is 3. The van der Waals surface area contributed by atoms with E-state index in [1.54, 1.807) is 39.2 Å². The van der Waals surface area contributed by atoms with Gasteiger partial charge in [-0.25, -0.2) is 0 Å². The van der Waals surface area contributed by atoms with E-state index in [1.165, 1.54) is 4.90 Å². The maximum atomic E-state index is 13.8. The zero-order valence-corrected chi connectivity index (χ0v) is 20.0. The van der Waals surface area contributed by atoms with Crippen molar-refractivity contribution < 1.29 is 34.8 Å². The van der Waals surface area contributed by atoms with E-state index in [0.717, 1.165) is 0 Å². The number of hydrogen-bond acceptors (Lipinski definition) is 10. The Balaban J connectivity index is 2.01. The molecule has 1 aromatic rings. The highest BCUT2D eigenvalue weighted by Gasteiger charge is 2.64. The van der Waals surface area contributed by atoms with Gasteiger partial charge in [-0.05, 0) is 44.5 Å². The molecular weight excluding hydrogens is 456 g/mol. The van der Waals surface area contributed by atoms with Crippen LogP contribution in [0.5, 0.6) is 5.75 Å². The van der Waals surface area contributed by atoms with Gasteiger partial charge in [0.05, 0.1) is 11.6 Å². The van der Waals surface area contributed by atoms with Crippen LogP contribution >= 0.6 is 0 Å². The molecule has 0 radical (unpaired) electrons. The topological polar surface area (TPSA) is 191 Å². The van der Waals surface area contributed by atoms with Gasteiger partial charge in [0.15, 0.2) is 11.4 Å². The van der Waals surface area contributed by atoms with E-state index in [-0.39, 0.29) is 36.3 Å². The highest BCUT2D eigenvalue weighted by Crippen LogP contribution is 2.54. The summed E-state index contributed by atoms with van der Waals surface area (Å²) in [7, 11) is 6.71. The highest BCUT2D eigenvalue weighted by atomic mass is 16.3. The lowest BCUT2D eigenvalue weighted by Gasteiger charge is -2.50. The summed E-state index contributed by atoms with van der Waals surface area (Å²) in [4.78, 5) is 42.2. The minimum Gasteiger partial charge on any atom is -0.508 e. The highest BCUT2D eigenvalue weighted by molar-refractivity contribution is 6.24. The number of Topliss-reactive ketones (excluding diaryl/α,β-unsaturated/α-hetero) is 2. The number of aliphatic hydroxyl groups excluding tert-OH is 2. The summed E-state index contributed by atoms with van der Waals surface area (Å²) in [5.41, 5.74) is 9.10. The Labute approximate surface area is 201 Å². The summed E-state index contributed by atoms with van der Waals surface area (Å²) >= 11 is 0. The average molecular weight is 487 g/mol. The normalized spacial score (nSPS) is 28.1. The van der Waals surface area contributed by atoms with Gasteiger partial charge in [0.1, 0.15) is 22.8 Å². The molecule has 4 atom stereocenters. The molecule has 0 saturated heterocycles. The van der Waals surface area contributed by atoms with Gasteiger partial charge in [0, 0.05) is 43.4 Å². The fourth-order valence-electron chi connectivity index (χ4n) is 5.90. The average Bonchev–Trinajstić information content (AvgIpc) is 2.75. The molecule has 0 unspecified atom stereocenters. The molecule has 0 heterocycles. The molecule has 0 bridgehead atoms. The summed E-state index contributed by atoms with van der Waals surface area (Å²) in [6.45, 7) is -0.0237. The third kappa shape index (κ3) is 3.19. The summed E-state index contributed by atoms with van der Waals surface area (Å²) in [6.07, 6.45) is 0.262. The van der Waals surface area contributed by atoms with Crippen LogP contribution in [0.15, 0.2) is 23.0 Å². The van der Waals surface area contributed by atoms with E-state index in [9.17, 15) is 34.8 Å². The first kappa shape index (κ1) is 24.7. The van der Waals surface area contributed by atoms with Gasteiger partial charge in [-0.15, -0.1) is 0 Å². The van der Waals surface area contributed by atoms with Crippen molar-refractivity contribution in [2.45, 2.75) is 31.0 Å². The van der Waals surface area contributed by atoms with E-state index >= 15 is 0 Å². The Kier molecular flexibility index (Phi) is 5.70. The van der Waals surface area contributed by atoms with E-state index < -0.39 is 58.0 Å². The molecule has 1 aromatic carbocycles. The van der Waals surface area contributed by atoms with Crippen molar-refractivity contribution >= 4 is 28.9 Å². The fraction of sp³-hybridized carbons (Fsp3) is 0.458. The standard InChI is InChI=1S/C24H30N4O7/c1-27(2)13-7-10(8-25)18(29)15-11(13)5-9-6-12-17(28(3)4)20(31)16(23(26)34)22(33)24(12,35)21(32)14(9)19(15)30/h7,9,12,17,29-30,33,35H,5-6,8,25H2,1-4H3,(H2,26,34)/t9-,12-,17+,24-/m0/s1. The molecule has 1 saturated carbocycles. The van der Waals surface area contributed by atoms with Crippen molar-refractivity contribution in [3.05, 3.63) is 39.7 Å². The number of ketones is 2. The number of phenolic OH excluding ortho intramolecular Hbond substituents is 1. The number of nitrogens with two attached hydrogens (primary N) is 2. The molecule has 4 rings (SSSR count). The van der Waals surface area contributed by atoms with Crippen LogP contribution < -0.4 is 16.4 Å². The molecule has 8 N–H and O–H groups in total. The van der Waals surface area contributed by atoms with Crippen LogP contribution in [0.2, 0.25) is 0 Å². The minimum absolute atomic E-state index is 0.0237. The number of nitrogens with zero attached hydrogens (tertiary/aromatic N) is 2. The van der Waals surface area contributed by atoms with Gasteiger partial charge in [-0.1, -0.05) is 0 Å². The Morgan fingerprint density at radius 3 is 2.31 bits per heavy atom. The third-order valence-electron chi connectivity index (χ3n) is 7.48. The lowest BCUT2D eigenvalue weighted by Crippen LogP contribution is -2.65. The quantitative estimate of drug-likeness (QED) is 0.302. The number of aromatic hydroxyl groups is 1. The third-order valence-corrected chi connectivity index (χ3v) is 7.48. The first-order valence-electron chi connectivity index (χ1n) is 11.2. The second-order valence-electron chi connectivity index (χ2n) is 9.82. The van der Waals surface area contributed by atoms with Crippen molar-refractivity contribution in [1.29, 1.82) is 0 Å². The van der Waals surface area contributed by atoms with Crippen LogP contribution in [0.4, 0.5) is 5.69 Å². The maximum Gasteiger partial charge on any atom is 0.255 e. The smallest absolute Gasteiger partial charge is 0.255 e. The number of likely N-dealkylation sites (N-methyl/N-ethyl adjacent to an activating group) is 1. The van der Waals surface area contributed by atoms with Crippen LogP contribution in [0.3, 0.4) is 0 Å². The van der Waals surface area contributed by atoms with Gasteiger partial charge < -0.3 is 36.8 Å². The molecule has 11 heteroatoms. The molecule has 3 aliphatic rings. The molecule has 35 heavy (non-hydrogen) atoms. The number of rotatable bonds is 4. The van der Waals surface area contributed by atoms with Crippen LogP contribution in [-0.2, 0) is 27.3 Å². The first-order chi connectivity index (χ1) is 16.3. The van der Waals surface area contributed by atoms with Crippen LogP contribution in [0, 0.1) is 11.8 Å². The van der Waals surface area contributed by atoms with Gasteiger partial charge >= 0.3 is 0 Å². The second kappa shape index (κ2) is 8.08. The molecule has 11 nitrogen and oxygen atoms in total. The predicted molar refractivity (Wildman–Crippen MR) is 126 cm³/mol. The van der Waals surface area contributed by atoms with Gasteiger partial charge in [0.25, 0.3) is 5.91 Å². The van der Waals surface area contributed by atoms with Gasteiger partial charge in [0.2, 0.25) is 5.78 Å². The number of primary amides is 1. The molecule has 188 valence electrons. The molecule has 0 aromatic heterocycles. The summed E-state index contributed by atoms with van der Waals surface area (Å²) in [5, 5.41) is 44.6. The molecule has 3 aliphatic carbocycles. The van der Waals surface area contributed by atoms with Crippen LogP contribution in [0.25, 0.3) is 5.76 Å². The predicted octanol–water partition coefficient (Wildman–Crippen LogP) is -0.511. The van der Waals surface area contributed by atoms with Gasteiger partial charge in [-0.2, -0.15) is 0 Å². The lowest BCUT2D eigenvalue weighted by atomic mass is 9.57. The molecule has 1 amide bonds. The van der Waals surface area contributed by atoms with Crippen molar-refractivity contribution in [3.8, 4) is 5.75 Å². The number of benzene rings is 1. The van der Waals surface area contributed by atoms with Crippen molar-refractivity contribution in [2.24, 2.45) is 23.3 Å². The van der Waals surface area contributed by atoms with E-state index in [2.05, 4.69) is 0 Å². The minimum atomic E-state index is -2.66. The number of amides is 1. The van der Waals surface area contributed by atoms with Crippen LogP contribution in [0.1, 0.15) is 23.1 Å². The molecular formula is C24H30N4O7.